The van der Waals surface area contributed by atoms with Gasteiger partial charge in [-0.05, 0) is 48.3 Å². The van der Waals surface area contributed by atoms with Crippen LogP contribution in [0.2, 0.25) is 0 Å². The molecular weight excluding hydrogens is 328 g/mol. The van der Waals surface area contributed by atoms with Crippen LogP contribution in [0, 0.1) is 24.2 Å². The van der Waals surface area contributed by atoms with Gasteiger partial charge in [0.05, 0.1) is 6.21 Å². The van der Waals surface area contributed by atoms with E-state index in [1.54, 1.807) is 6.21 Å². The van der Waals surface area contributed by atoms with Crippen LogP contribution >= 0.6 is 15.9 Å². The Kier molecular flexibility index (Phi) is 3.91. The number of hydrogen-bond donors (Lipinski definition) is 1. The van der Waals surface area contributed by atoms with Crippen LogP contribution in [0.4, 0.5) is 0 Å². The Balaban J connectivity index is 1.59. The molecule has 3 rings (SSSR count). The van der Waals surface area contributed by atoms with E-state index in [0.717, 1.165) is 10.0 Å². The maximum Gasteiger partial charge on any atom is 0.244 e. The van der Waals surface area contributed by atoms with Crippen molar-refractivity contribution in [3.05, 3.63) is 33.8 Å². The van der Waals surface area contributed by atoms with Gasteiger partial charge in [0.2, 0.25) is 5.91 Å². The second-order valence-electron chi connectivity index (χ2n) is 6.58. The number of nitrogens with zero attached hydrogens (tertiary/aromatic N) is 1. The van der Waals surface area contributed by atoms with Crippen LogP contribution in [0.25, 0.3) is 0 Å². The van der Waals surface area contributed by atoms with Crippen LogP contribution in [-0.2, 0) is 4.79 Å². The van der Waals surface area contributed by atoms with Crippen LogP contribution in [0.5, 0.6) is 0 Å². The SMILES string of the molecule is Cc1ccc(/C=N/NC(=O)C2C3CCCCC32C)cc1Br. The van der Waals surface area contributed by atoms with E-state index in [1.807, 2.05) is 25.1 Å². The zero-order valence-electron chi connectivity index (χ0n) is 12.5. The number of benzene rings is 1. The first-order valence-electron chi connectivity index (χ1n) is 7.61. The lowest BCUT2D eigenvalue weighted by Crippen LogP contribution is -2.22. The highest BCUT2D eigenvalue weighted by Gasteiger charge is 2.64. The molecule has 4 heteroatoms. The number of carbonyl (C=O) groups is 1. The number of amides is 1. The molecule has 2 aliphatic carbocycles. The van der Waals surface area contributed by atoms with E-state index in [9.17, 15) is 4.79 Å². The normalized spacial score (nSPS) is 31.0. The van der Waals surface area contributed by atoms with Gasteiger partial charge in [0.1, 0.15) is 0 Å². The first kappa shape index (κ1) is 14.8. The lowest BCUT2D eigenvalue weighted by Gasteiger charge is -2.15. The largest absolute Gasteiger partial charge is 0.273 e. The molecule has 2 saturated carbocycles. The quantitative estimate of drug-likeness (QED) is 0.650. The predicted octanol–water partition coefficient (Wildman–Crippen LogP) is 4.03. The molecule has 21 heavy (non-hydrogen) atoms. The minimum Gasteiger partial charge on any atom is -0.273 e. The summed E-state index contributed by atoms with van der Waals surface area (Å²) in [6.07, 6.45) is 6.62. The fourth-order valence-electron chi connectivity index (χ4n) is 3.78. The summed E-state index contributed by atoms with van der Waals surface area (Å²) in [7, 11) is 0. The molecule has 3 atom stereocenters. The maximum absolute atomic E-state index is 12.3. The second-order valence-corrected chi connectivity index (χ2v) is 7.43. The van der Waals surface area contributed by atoms with E-state index in [-0.39, 0.29) is 17.2 Å². The molecule has 3 unspecified atom stereocenters. The van der Waals surface area contributed by atoms with Gasteiger partial charge in [0.25, 0.3) is 0 Å². The van der Waals surface area contributed by atoms with Gasteiger partial charge in [-0.15, -0.1) is 0 Å². The number of aryl methyl sites for hydroxylation is 1. The molecule has 1 amide bonds. The Morgan fingerprint density at radius 3 is 2.95 bits per heavy atom. The van der Waals surface area contributed by atoms with Crippen LogP contribution < -0.4 is 5.43 Å². The third kappa shape index (κ3) is 2.78. The number of halogens is 1. The molecule has 112 valence electrons. The third-order valence-corrected chi connectivity index (χ3v) is 6.05. The number of fused-ring (bicyclic) bond motifs is 1. The summed E-state index contributed by atoms with van der Waals surface area (Å²) in [6, 6.07) is 6.03. The summed E-state index contributed by atoms with van der Waals surface area (Å²) in [6.45, 7) is 4.30. The van der Waals surface area contributed by atoms with Gasteiger partial charge in [-0.1, -0.05) is 47.8 Å². The average Bonchev–Trinajstić information content (AvgIpc) is 3.08. The first-order valence-corrected chi connectivity index (χ1v) is 8.41. The van der Waals surface area contributed by atoms with Gasteiger partial charge in [-0.2, -0.15) is 5.10 Å². The van der Waals surface area contributed by atoms with Gasteiger partial charge in [0, 0.05) is 10.4 Å². The minimum atomic E-state index is 0.0897. The number of carbonyl (C=O) groups excluding carboxylic acids is 1. The summed E-state index contributed by atoms with van der Waals surface area (Å²) < 4.78 is 1.05. The van der Waals surface area contributed by atoms with Gasteiger partial charge < -0.3 is 0 Å². The van der Waals surface area contributed by atoms with Crippen molar-refractivity contribution in [2.45, 2.75) is 39.5 Å². The van der Waals surface area contributed by atoms with E-state index < -0.39 is 0 Å². The van der Waals surface area contributed by atoms with Gasteiger partial charge in [-0.3, -0.25) is 4.79 Å². The molecule has 0 spiro atoms. The van der Waals surface area contributed by atoms with Crippen molar-refractivity contribution in [3.63, 3.8) is 0 Å². The molecule has 1 aromatic carbocycles. The minimum absolute atomic E-state index is 0.0897. The molecule has 1 N–H and O–H groups in total. The zero-order chi connectivity index (χ0) is 15.0. The van der Waals surface area contributed by atoms with E-state index in [0.29, 0.717) is 5.92 Å². The van der Waals surface area contributed by atoms with E-state index in [2.05, 4.69) is 33.4 Å². The zero-order valence-corrected chi connectivity index (χ0v) is 14.1. The predicted molar refractivity (Wildman–Crippen MR) is 88.2 cm³/mol. The highest BCUT2D eigenvalue weighted by Crippen LogP contribution is 2.66. The van der Waals surface area contributed by atoms with Crippen LogP contribution in [0.1, 0.15) is 43.7 Å². The summed E-state index contributed by atoms with van der Waals surface area (Å²) in [5.74, 6) is 0.837. The van der Waals surface area contributed by atoms with Crippen LogP contribution in [0.3, 0.4) is 0 Å². The Bertz CT molecular complexity index is 598. The van der Waals surface area contributed by atoms with Crippen LogP contribution in [0.15, 0.2) is 27.8 Å². The Labute approximate surface area is 134 Å². The van der Waals surface area contributed by atoms with E-state index in [1.165, 1.54) is 31.2 Å². The van der Waals surface area contributed by atoms with Crippen molar-refractivity contribution in [2.24, 2.45) is 22.4 Å². The molecule has 3 nitrogen and oxygen atoms in total. The third-order valence-electron chi connectivity index (χ3n) is 5.20. The van der Waals surface area contributed by atoms with Crippen molar-refractivity contribution in [3.8, 4) is 0 Å². The maximum atomic E-state index is 12.3. The number of hydrazone groups is 1. The van der Waals surface area contributed by atoms with E-state index >= 15 is 0 Å². The van der Waals surface area contributed by atoms with Gasteiger partial charge >= 0.3 is 0 Å². The molecule has 0 bridgehead atoms. The number of hydrogen-bond acceptors (Lipinski definition) is 2. The lowest BCUT2D eigenvalue weighted by atomic mass is 9.90. The topological polar surface area (TPSA) is 41.5 Å². The number of rotatable bonds is 3. The Hall–Kier alpha value is -1.16. The molecule has 0 aromatic heterocycles. The van der Waals surface area contributed by atoms with Crippen molar-refractivity contribution >= 4 is 28.1 Å². The smallest absolute Gasteiger partial charge is 0.244 e. The Morgan fingerprint density at radius 1 is 1.48 bits per heavy atom. The summed E-state index contributed by atoms with van der Waals surface area (Å²) >= 11 is 3.50. The summed E-state index contributed by atoms with van der Waals surface area (Å²) in [5.41, 5.74) is 5.13. The Morgan fingerprint density at radius 2 is 2.29 bits per heavy atom. The molecule has 0 aliphatic heterocycles. The summed E-state index contributed by atoms with van der Waals surface area (Å²) in [4.78, 5) is 12.3. The van der Waals surface area contributed by atoms with Crippen molar-refractivity contribution in [1.82, 2.24) is 5.43 Å². The highest BCUT2D eigenvalue weighted by molar-refractivity contribution is 9.10. The fraction of sp³-hybridized carbons (Fsp3) is 0.529. The van der Waals surface area contributed by atoms with Crippen molar-refractivity contribution in [1.29, 1.82) is 0 Å². The standard InChI is InChI=1S/C17H21BrN2O/c1-11-6-7-12(9-14(11)18)10-19-20-16(21)15-13-5-3-4-8-17(13,15)2/h6-7,9-10,13,15H,3-5,8H2,1-2H3,(H,20,21)/b19-10+. The molecule has 0 saturated heterocycles. The van der Waals surface area contributed by atoms with E-state index in [4.69, 9.17) is 0 Å². The van der Waals surface area contributed by atoms with Gasteiger partial charge in [0.15, 0.2) is 0 Å². The first-order chi connectivity index (χ1) is 10.0. The molecular formula is C17H21BrN2O. The second kappa shape index (κ2) is 5.56. The average molecular weight is 349 g/mol. The van der Waals surface area contributed by atoms with Crippen molar-refractivity contribution in [2.75, 3.05) is 0 Å². The molecule has 2 fully saturated rings. The van der Waals surface area contributed by atoms with Crippen LogP contribution in [-0.4, -0.2) is 12.1 Å². The monoisotopic (exact) mass is 348 g/mol. The van der Waals surface area contributed by atoms with Gasteiger partial charge in [-0.25, -0.2) is 5.43 Å². The molecule has 2 aliphatic rings. The molecule has 1 aromatic rings. The summed E-state index contributed by atoms with van der Waals surface area (Å²) in [5, 5.41) is 4.12. The molecule has 0 heterocycles. The number of nitrogens with one attached hydrogen (secondary N) is 1. The fourth-order valence-corrected chi connectivity index (χ4v) is 4.18. The molecule has 0 radical (unpaired) electrons. The van der Waals surface area contributed by atoms with Crippen molar-refractivity contribution < 1.29 is 4.79 Å². The lowest BCUT2D eigenvalue weighted by molar-refractivity contribution is -0.123. The highest BCUT2D eigenvalue weighted by atomic mass is 79.9.